The molecule has 0 radical (unpaired) electrons. The predicted octanol–water partition coefficient (Wildman–Crippen LogP) is 1.65. The summed E-state index contributed by atoms with van der Waals surface area (Å²) in [6.45, 7) is 3.24. The van der Waals surface area contributed by atoms with Crippen LogP contribution in [0.4, 0.5) is 14.9 Å². The van der Waals surface area contributed by atoms with Gasteiger partial charge in [0.05, 0.1) is 5.56 Å². The van der Waals surface area contributed by atoms with Gasteiger partial charge in [0.1, 0.15) is 12.3 Å². The molecule has 1 heterocycles. The van der Waals surface area contributed by atoms with Crippen molar-refractivity contribution in [1.82, 2.24) is 4.98 Å². The van der Waals surface area contributed by atoms with E-state index in [1.807, 2.05) is 5.32 Å². The number of nitrogens with zero attached hydrogens (tertiary/aromatic N) is 1. The molecule has 2 N–H and O–H groups in total. The van der Waals surface area contributed by atoms with Crippen LogP contribution in [0.15, 0.2) is 24.9 Å². The number of carboxylic acids is 1. The molecule has 0 aliphatic rings. The van der Waals surface area contributed by atoms with E-state index in [1.54, 1.807) is 0 Å². The first-order chi connectivity index (χ1) is 8.06. The van der Waals surface area contributed by atoms with Crippen molar-refractivity contribution in [1.29, 1.82) is 0 Å². The average molecular weight is 240 g/mol. The number of carbonyl (C=O) groups excluding carboxylic acids is 1. The number of ether oxygens (including phenoxy) is 1. The van der Waals surface area contributed by atoms with Crippen LogP contribution in [0.1, 0.15) is 10.4 Å². The minimum atomic E-state index is -1.38. The van der Waals surface area contributed by atoms with Gasteiger partial charge in [-0.05, 0) is 6.07 Å². The second-order valence-electron chi connectivity index (χ2n) is 2.84. The van der Waals surface area contributed by atoms with E-state index >= 15 is 0 Å². The summed E-state index contributed by atoms with van der Waals surface area (Å²) in [6, 6.07) is 1.06. The Morgan fingerprint density at radius 3 is 2.94 bits per heavy atom. The lowest BCUT2D eigenvalue weighted by Crippen LogP contribution is -2.17. The molecule has 90 valence electrons. The van der Waals surface area contributed by atoms with Crippen LogP contribution in [-0.4, -0.2) is 28.8 Å². The summed E-state index contributed by atoms with van der Waals surface area (Å²) >= 11 is 0. The lowest BCUT2D eigenvalue weighted by molar-refractivity contribution is 0.0697. The van der Waals surface area contributed by atoms with Crippen molar-refractivity contribution in [2.75, 3.05) is 11.9 Å². The van der Waals surface area contributed by atoms with Crippen LogP contribution in [0.3, 0.4) is 0 Å². The molecular formula is C10H9FN2O4. The van der Waals surface area contributed by atoms with Crippen molar-refractivity contribution >= 4 is 17.7 Å². The maximum absolute atomic E-state index is 13.2. The molecule has 0 saturated carbocycles. The van der Waals surface area contributed by atoms with Crippen LogP contribution >= 0.6 is 0 Å². The number of rotatable bonds is 4. The number of amides is 1. The molecule has 0 aliphatic heterocycles. The monoisotopic (exact) mass is 240 g/mol. The molecule has 1 amide bonds. The van der Waals surface area contributed by atoms with Crippen LogP contribution in [0, 0.1) is 5.95 Å². The van der Waals surface area contributed by atoms with Crippen molar-refractivity contribution in [3.63, 3.8) is 0 Å². The van der Waals surface area contributed by atoms with Gasteiger partial charge in [-0.25, -0.2) is 14.6 Å². The summed E-state index contributed by atoms with van der Waals surface area (Å²) in [6.07, 6.45) is 1.32. The summed E-state index contributed by atoms with van der Waals surface area (Å²) in [5, 5.41) is 10.7. The third-order valence-electron chi connectivity index (χ3n) is 1.69. The van der Waals surface area contributed by atoms with Gasteiger partial charge in [-0.3, -0.25) is 5.32 Å². The summed E-state index contributed by atoms with van der Waals surface area (Å²) < 4.78 is 17.8. The van der Waals surface area contributed by atoms with E-state index in [1.165, 1.54) is 6.08 Å². The van der Waals surface area contributed by atoms with Crippen molar-refractivity contribution in [2.24, 2.45) is 0 Å². The van der Waals surface area contributed by atoms with Crippen LogP contribution in [0.25, 0.3) is 0 Å². The molecule has 1 rings (SSSR count). The molecule has 0 saturated heterocycles. The third kappa shape index (κ3) is 3.26. The Morgan fingerprint density at radius 2 is 2.35 bits per heavy atom. The first-order valence-electron chi connectivity index (χ1n) is 4.48. The summed E-state index contributed by atoms with van der Waals surface area (Å²) in [4.78, 5) is 25.1. The quantitative estimate of drug-likeness (QED) is 0.617. The summed E-state index contributed by atoms with van der Waals surface area (Å²) in [7, 11) is 0. The second-order valence-corrected chi connectivity index (χ2v) is 2.84. The Hall–Kier alpha value is -2.44. The summed E-state index contributed by atoms with van der Waals surface area (Å²) in [5.41, 5.74) is -0.942. The number of carboxylic acid groups (broad SMARTS) is 1. The fourth-order valence-electron chi connectivity index (χ4n) is 1.01. The van der Waals surface area contributed by atoms with Crippen molar-refractivity contribution in [2.45, 2.75) is 0 Å². The van der Waals surface area contributed by atoms with Crippen molar-refractivity contribution in [3.8, 4) is 0 Å². The molecule has 0 aliphatic carbocycles. The highest BCUT2D eigenvalue weighted by molar-refractivity contribution is 5.98. The normalized spacial score (nSPS) is 9.47. The lowest BCUT2D eigenvalue weighted by Gasteiger charge is -2.08. The zero-order chi connectivity index (χ0) is 12.8. The van der Waals surface area contributed by atoms with Gasteiger partial charge in [0, 0.05) is 6.20 Å². The molecule has 6 nitrogen and oxygen atoms in total. The van der Waals surface area contributed by atoms with Crippen molar-refractivity contribution in [3.05, 3.63) is 36.4 Å². The maximum atomic E-state index is 13.2. The van der Waals surface area contributed by atoms with Crippen LogP contribution in [0.2, 0.25) is 0 Å². The van der Waals surface area contributed by atoms with E-state index in [0.717, 1.165) is 12.3 Å². The number of carbonyl (C=O) groups is 2. The van der Waals surface area contributed by atoms with Crippen LogP contribution in [0.5, 0.6) is 0 Å². The Balaban J connectivity index is 2.92. The SMILES string of the molecule is C=CCOC(=O)Nc1c(C(=O)O)ccnc1F. The molecule has 0 aromatic carbocycles. The largest absolute Gasteiger partial charge is 0.478 e. The first kappa shape index (κ1) is 12.6. The average Bonchev–Trinajstić information content (AvgIpc) is 2.28. The zero-order valence-electron chi connectivity index (χ0n) is 8.64. The zero-order valence-corrected chi connectivity index (χ0v) is 8.64. The number of aromatic carboxylic acids is 1. The molecule has 0 spiro atoms. The molecule has 1 aromatic heterocycles. The van der Waals surface area contributed by atoms with E-state index in [9.17, 15) is 14.0 Å². The van der Waals surface area contributed by atoms with Crippen LogP contribution in [-0.2, 0) is 4.74 Å². The fourth-order valence-corrected chi connectivity index (χ4v) is 1.01. The molecule has 1 aromatic rings. The number of hydrogen-bond donors (Lipinski definition) is 2. The second kappa shape index (κ2) is 5.59. The highest BCUT2D eigenvalue weighted by atomic mass is 19.1. The third-order valence-corrected chi connectivity index (χ3v) is 1.69. The van der Waals surface area contributed by atoms with E-state index in [2.05, 4.69) is 16.3 Å². The summed E-state index contributed by atoms with van der Waals surface area (Å²) in [5.74, 6) is -2.48. The number of halogens is 1. The predicted molar refractivity (Wildman–Crippen MR) is 56.3 cm³/mol. The molecule has 0 bridgehead atoms. The van der Waals surface area contributed by atoms with Gasteiger partial charge in [0.15, 0.2) is 0 Å². The Bertz CT molecular complexity index is 462. The van der Waals surface area contributed by atoms with Gasteiger partial charge in [0.25, 0.3) is 0 Å². The smallest absolute Gasteiger partial charge is 0.412 e. The van der Waals surface area contributed by atoms with Gasteiger partial charge in [0.2, 0.25) is 5.95 Å². The molecule has 17 heavy (non-hydrogen) atoms. The molecule has 0 unspecified atom stereocenters. The highest BCUT2D eigenvalue weighted by Crippen LogP contribution is 2.17. The van der Waals surface area contributed by atoms with Crippen LogP contribution < -0.4 is 5.32 Å². The van der Waals surface area contributed by atoms with Gasteiger partial charge in [-0.2, -0.15) is 4.39 Å². The van der Waals surface area contributed by atoms with Gasteiger partial charge in [-0.1, -0.05) is 12.7 Å². The van der Waals surface area contributed by atoms with E-state index in [-0.39, 0.29) is 6.61 Å². The minimum absolute atomic E-state index is 0.0733. The Labute approximate surface area is 95.7 Å². The number of pyridine rings is 1. The highest BCUT2D eigenvalue weighted by Gasteiger charge is 2.17. The molecule has 7 heteroatoms. The van der Waals surface area contributed by atoms with Gasteiger partial charge in [-0.15, -0.1) is 0 Å². The van der Waals surface area contributed by atoms with Gasteiger partial charge < -0.3 is 9.84 Å². The number of nitrogens with one attached hydrogen (secondary N) is 1. The Kier molecular flexibility index (Phi) is 4.15. The lowest BCUT2D eigenvalue weighted by atomic mass is 10.2. The van der Waals surface area contributed by atoms with E-state index in [4.69, 9.17) is 5.11 Å². The molecule has 0 atom stereocenters. The fraction of sp³-hybridized carbons (Fsp3) is 0.100. The van der Waals surface area contributed by atoms with E-state index < -0.39 is 29.3 Å². The maximum Gasteiger partial charge on any atom is 0.412 e. The number of hydrogen-bond acceptors (Lipinski definition) is 4. The van der Waals surface area contributed by atoms with Gasteiger partial charge >= 0.3 is 12.1 Å². The number of aromatic nitrogens is 1. The Morgan fingerprint density at radius 1 is 1.65 bits per heavy atom. The molecule has 0 fully saturated rings. The topological polar surface area (TPSA) is 88.5 Å². The van der Waals surface area contributed by atoms with E-state index in [0.29, 0.717) is 0 Å². The standard InChI is InChI=1S/C10H9FN2O4/c1-2-5-17-10(16)13-7-6(9(14)15)3-4-12-8(7)11/h2-4H,1,5H2,(H,13,16)(H,14,15). The number of anilines is 1. The van der Waals surface area contributed by atoms with Crippen molar-refractivity contribution < 1.29 is 23.8 Å². The first-order valence-corrected chi connectivity index (χ1v) is 4.48. The minimum Gasteiger partial charge on any atom is -0.478 e. The molecular weight excluding hydrogens is 231 g/mol.